The predicted molar refractivity (Wildman–Crippen MR) is 103 cm³/mol. The molecule has 1 aromatic heterocycles. The molecule has 1 aliphatic heterocycles. The van der Waals surface area contributed by atoms with Crippen molar-refractivity contribution in [1.82, 2.24) is 0 Å². The number of benzene rings is 2. The number of thiophene rings is 1. The minimum Gasteiger partial charge on any atom is -0.477 e. The highest BCUT2D eigenvalue weighted by atomic mass is 32.1. The van der Waals surface area contributed by atoms with Crippen molar-refractivity contribution in [3.63, 3.8) is 0 Å². The van der Waals surface area contributed by atoms with Crippen LogP contribution in [0.5, 0.6) is 0 Å². The monoisotopic (exact) mass is 435 g/mol. The van der Waals surface area contributed by atoms with Crippen LogP contribution in [0.3, 0.4) is 0 Å². The van der Waals surface area contributed by atoms with Gasteiger partial charge in [0.1, 0.15) is 10.7 Å². The van der Waals surface area contributed by atoms with Gasteiger partial charge in [0, 0.05) is 22.8 Å². The number of carbonyl (C=O) groups is 2. The smallest absolute Gasteiger partial charge is 0.416 e. The van der Waals surface area contributed by atoms with Crippen LogP contribution >= 0.6 is 11.3 Å². The maximum absolute atomic E-state index is 13.6. The average Bonchev–Trinajstić information content (AvgIpc) is 3.07. The molecule has 0 bridgehead atoms. The molecule has 3 aromatic rings. The zero-order valence-electron chi connectivity index (χ0n) is 15.1. The topological polar surface area (TPSA) is 66.4 Å². The summed E-state index contributed by atoms with van der Waals surface area (Å²) in [7, 11) is 0. The number of carboxylic acid groups (broad SMARTS) is 1. The van der Waals surface area contributed by atoms with E-state index >= 15 is 0 Å². The highest BCUT2D eigenvalue weighted by Crippen LogP contribution is 2.51. The number of hydrogen-bond acceptors (Lipinski definition) is 3. The third kappa shape index (κ3) is 3.45. The van der Waals surface area contributed by atoms with Crippen LogP contribution in [0.15, 0.2) is 48.5 Å². The Balaban J connectivity index is 1.96. The van der Waals surface area contributed by atoms with E-state index in [1.807, 2.05) is 0 Å². The summed E-state index contributed by atoms with van der Waals surface area (Å²) in [6.45, 7) is 0. The number of anilines is 1. The third-order valence-corrected chi connectivity index (χ3v) is 6.17. The number of amides is 1. The zero-order valence-corrected chi connectivity index (χ0v) is 15.9. The number of aromatic carboxylic acids is 1. The molecule has 2 aromatic carbocycles. The Morgan fingerprint density at radius 1 is 1.10 bits per heavy atom. The molecule has 1 amide bonds. The van der Waals surface area contributed by atoms with Gasteiger partial charge < -0.3 is 10.4 Å². The molecule has 0 radical (unpaired) electrons. The Bertz CT molecular complexity index is 1150. The van der Waals surface area contributed by atoms with E-state index in [-0.39, 0.29) is 28.1 Å². The van der Waals surface area contributed by atoms with Crippen LogP contribution in [0, 0.1) is 5.82 Å². The maximum atomic E-state index is 13.6. The molecule has 4 rings (SSSR count). The fraction of sp³-hybridized carbons (Fsp3) is 0.143. The van der Waals surface area contributed by atoms with Crippen molar-refractivity contribution in [3.05, 3.63) is 75.2 Å². The Hall–Kier alpha value is -3.20. The van der Waals surface area contributed by atoms with Crippen LogP contribution in [0.2, 0.25) is 0 Å². The first kappa shape index (κ1) is 20.1. The Morgan fingerprint density at radius 3 is 2.40 bits per heavy atom. The summed E-state index contributed by atoms with van der Waals surface area (Å²) >= 11 is 0.818. The van der Waals surface area contributed by atoms with E-state index in [9.17, 15) is 32.3 Å². The molecule has 1 unspecified atom stereocenters. The first-order valence-corrected chi connectivity index (χ1v) is 9.60. The van der Waals surface area contributed by atoms with Gasteiger partial charge in [0.05, 0.1) is 11.3 Å². The molecule has 2 heterocycles. The fourth-order valence-electron chi connectivity index (χ4n) is 3.64. The lowest BCUT2D eigenvalue weighted by molar-refractivity contribution is -0.138. The number of alkyl halides is 3. The van der Waals surface area contributed by atoms with Crippen molar-refractivity contribution < 1.29 is 32.3 Å². The van der Waals surface area contributed by atoms with Crippen LogP contribution in [0.25, 0.3) is 11.1 Å². The van der Waals surface area contributed by atoms with Crippen LogP contribution in [-0.2, 0) is 11.0 Å². The quantitative estimate of drug-likeness (QED) is 0.515. The van der Waals surface area contributed by atoms with Gasteiger partial charge in [-0.2, -0.15) is 13.2 Å². The Labute approximate surface area is 171 Å². The molecule has 0 saturated heterocycles. The molecule has 0 fully saturated rings. The van der Waals surface area contributed by atoms with Gasteiger partial charge in [-0.05, 0) is 29.3 Å². The molecule has 4 nitrogen and oxygen atoms in total. The Morgan fingerprint density at radius 2 is 1.77 bits per heavy atom. The number of fused-ring (bicyclic) bond motifs is 1. The van der Waals surface area contributed by atoms with E-state index in [0.717, 1.165) is 29.5 Å². The molecule has 0 spiro atoms. The zero-order chi connectivity index (χ0) is 21.6. The van der Waals surface area contributed by atoms with Gasteiger partial charge in [-0.25, -0.2) is 9.18 Å². The van der Waals surface area contributed by atoms with Crippen molar-refractivity contribution >= 4 is 28.9 Å². The summed E-state index contributed by atoms with van der Waals surface area (Å²) in [5.74, 6) is -3.29. The van der Waals surface area contributed by atoms with Crippen LogP contribution in [-0.4, -0.2) is 17.0 Å². The number of carboxylic acids is 1. The van der Waals surface area contributed by atoms with Gasteiger partial charge in [0.25, 0.3) is 0 Å². The summed E-state index contributed by atoms with van der Waals surface area (Å²) in [4.78, 5) is 24.5. The van der Waals surface area contributed by atoms with Crippen LogP contribution in [0.4, 0.5) is 23.2 Å². The molecule has 9 heteroatoms. The van der Waals surface area contributed by atoms with Gasteiger partial charge in [-0.3, -0.25) is 4.79 Å². The van der Waals surface area contributed by atoms with Gasteiger partial charge in [0.15, 0.2) is 0 Å². The second-order valence-corrected chi connectivity index (χ2v) is 7.80. The minimum atomic E-state index is -4.63. The van der Waals surface area contributed by atoms with E-state index < -0.39 is 35.4 Å². The van der Waals surface area contributed by atoms with Crippen molar-refractivity contribution in [3.8, 4) is 11.1 Å². The molecular formula is C21H13F4NO3S. The molecule has 1 aliphatic rings. The molecule has 30 heavy (non-hydrogen) atoms. The fourth-order valence-corrected chi connectivity index (χ4v) is 4.88. The van der Waals surface area contributed by atoms with Crippen molar-refractivity contribution in [2.24, 2.45) is 0 Å². The number of rotatable bonds is 3. The van der Waals surface area contributed by atoms with Crippen molar-refractivity contribution in [1.29, 1.82) is 0 Å². The van der Waals surface area contributed by atoms with Crippen LogP contribution in [0.1, 0.15) is 38.0 Å². The van der Waals surface area contributed by atoms with E-state index in [2.05, 4.69) is 5.32 Å². The summed E-state index contributed by atoms with van der Waals surface area (Å²) < 4.78 is 54.0. The molecule has 154 valence electrons. The second kappa shape index (κ2) is 7.24. The number of carbonyl (C=O) groups excluding carboxylic acids is 1. The SMILES string of the molecule is O=C1CC(c2ccccc2C(F)(F)F)c2sc(C(=O)O)c(-c3ccc(F)cc3)c2N1. The lowest BCUT2D eigenvalue weighted by atomic mass is 9.86. The second-order valence-electron chi connectivity index (χ2n) is 6.75. The summed E-state index contributed by atoms with van der Waals surface area (Å²) in [5.41, 5.74) is -0.308. The molecule has 2 N–H and O–H groups in total. The van der Waals surface area contributed by atoms with Crippen LogP contribution < -0.4 is 5.32 Å². The average molecular weight is 435 g/mol. The third-order valence-electron chi connectivity index (χ3n) is 4.87. The molecule has 0 aliphatic carbocycles. The van der Waals surface area contributed by atoms with Crippen molar-refractivity contribution in [2.75, 3.05) is 5.32 Å². The largest absolute Gasteiger partial charge is 0.477 e. The Kier molecular flexibility index (Phi) is 4.85. The molecule has 0 saturated carbocycles. The van der Waals surface area contributed by atoms with E-state index in [1.54, 1.807) is 0 Å². The standard InChI is InChI=1S/C21H13F4NO3S/c22-11-7-5-10(6-8-11)16-17-18(30-19(16)20(28)29)13(9-15(27)26-17)12-3-1-2-4-14(12)21(23,24)25/h1-8,13H,9H2,(H,26,27)(H,28,29). The van der Waals surface area contributed by atoms with E-state index in [1.165, 1.54) is 30.3 Å². The van der Waals surface area contributed by atoms with Crippen molar-refractivity contribution in [2.45, 2.75) is 18.5 Å². The predicted octanol–water partition coefficient (Wildman–Crippen LogP) is 5.75. The first-order chi connectivity index (χ1) is 14.2. The van der Waals surface area contributed by atoms with E-state index in [0.29, 0.717) is 10.4 Å². The van der Waals surface area contributed by atoms with E-state index in [4.69, 9.17) is 0 Å². The summed E-state index contributed by atoms with van der Waals surface area (Å²) in [6.07, 6.45) is -4.88. The number of halogens is 4. The highest BCUT2D eigenvalue weighted by Gasteiger charge is 2.40. The van der Waals surface area contributed by atoms with Gasteiger partial charge in [-0.1, -0.05) is 30.3 Å². The summed E-state index contributed by atoms with van der Waals surface area (Å²) in [5, 5.41) is 12.3. The normalized spacial score (nSPS) is 16.1. The number of nitrogens with one attached hydrogen (secondary N) is 1. The highest BCUT2D eigenvalue weighted by molar-refractivity contribution is 7.15. The van der Waals surface area contributed by atoms with Gasteiger partial charge in [-0.15, -0.1) is 11.3 Å². The van der Waals surface area contributed by atoms with Gasteiger partial charge >= 0.3 is 12.1 Å². The molecular weight excluding hydrogens is 422 g/mol. The number of hydrogen-bond donors (Lipinski definition) is 2. The van der Waals surface area contributed by atoms with Gasteiger partial charge in [0.2, 0.25) is 5.91 Å². The maximum Gasteiger partial charge on any atom is 0.416 e. The lowest BCUT2D eigenvalue weighted by Crippen LogP contribution is -2.24. The lowest BCUT2D eigenvalue weighted by Gasteiger charge is -2.26. The molecule has 1 atom stereocenters. The minimum absolute atomic E-state index is 0.0926. The summed E-state index contributed by atoms with van der Waals surface area (Å²) in [6, 6.07) is 9.97. The first-order valence-electron chi connectivity index (χ1n) is 8.78.